The van der Waals surface area contributed by atoms with E-state index in [-0.39, 0.29) is 17.9 Å². The molecule has 2 aromatic carbocycles. The van der Waals surface area contributed by atoms with Crippen molar-refractivity contribution in [3.63, 3.8) is 0 Å². The minimum Gasteiger partial charge on any atom is -0.469 e. The number of hydrogen-bond acceptors (Lipinski definition) is 7. The molecule has 1 saturated heterocycles. The average Bonchev–Trinajstić information content (AvgIpc) is 3.41. The molecule has 0 atom stereocenters. The predicted molar refractivity (Wildman–Crippen MR) is 129 cm³/mol. The van der Waals surface area contributed by atoms with E-state index in [0.717, 1.165) is 34.1 Å². The molecule has 0 spiro atoms. The zero-order valence-electron chi connectivity index (χ0n) is 19.6. The van der Waals surface area contributed by atoms with Crippen molar-refractivity contribution in [2.45, 2.75) is 33.4 Å². The van der Waals surface area contributed by atoms with Gasteiger partial charge in [-0.15, -0.1) is 0 Å². The number of esters is 1. The second-order valence-electron chi connectivity index (χ2n) is 8.99. The van der Waals surface area contributed by atoms with Crippen molar-refractivity contribution in [1.29, 1.82) is 0 Å². The van der Waals surface area contributed by atoms with Gasteiger partial charge in [-0.2, -0.15) is 10.1 Å². The monoisotopic (exact) mass is 479 g/mol. The van der Waals surface area contributed by atoms with E-state index in [1.807, 2.05) is 35.0 Å². The van der Waals surface area contributed by atoms with Gasteiger partial charge in [0.1, 0.15) is 0 Å². The van der Waals surface area contributed by atoms with Gasteiger partial charge in [0.25, 0.3) is 5.89 Å². The maximum absolute atomic E-state index is 11.7. The molecule has 5 rings (SSSR count). The molecule has 0 radical (unpaired) electrons. The molecule has 1 aliphatic heterocycles. The van der Waals surface area contributed by atoms with Crippen LogP contribution in [-0.4, -0.2) is 51.0 Å². The molecule has 1 aliphatic rings. The van der Waals surface area contributed by atoms with Crippen LogP contribution in [0.1, 0.15) is 31.0 Å². The minimum absolute atomic E-state index is 0.0354. The van der Waals surface area contributed by atoms with Gasteiger partial charge in [-0.25, -0.2) is 0 Å². The van der Waals surface area contributed by atoms with Crippen molar-refractivity contribution in [3.05, 3.63) is 52.7 Å². The number of ether oxygens (including phenoxy) is 1. The number of rotatable bonds is 6. The largest absolute Gasteiger partial charge is 0.469 e. The molecule has 0 N–H and O–H groups in total. The summed E-state index contributed by atoms with van der Waals surface area (Å²) in [5.74, 6) is 0.789. The average molecular weight is 480 g/mol. The number of carbonyl (C=O) groups excluding carboxylic acids is 1. The lowest BCUT2D eigenvalue weighted by Gasteiger charge is -2.37. The Labute approximate surface area is 202 Å². The summed E-state index contributed by atoms with van der Waals surface area (Å²) in [6, 6.07) is 12.1. The number of aromatic nitrogens is 4. The van der Waals surface area contributed by atoms with E-state index in [0.29, 0.717) is 30.0 Å². The van der Waals surface area contributed by atoms with Gasteiger partial charge in [0, 0.05) is 42.2 Å². The van der Waals surface area contributed by atoms with Crippen molar-refractivity contribution in [2.24, 2.45) is 5.92 Å². The number of hydrogen-bond donors (Lipinski definition) is 0. The number of methoxy groups -OCH3 is 1. The summed E-state index contributed by atoms with van der Waals surface area (Å²) >= 11 is 6.39. The molecule has 176 valence electrons. The maximum atomic E-state index is 11.7. The summed E-state index contributed by atoms with van der Waals surface area (Å²) in [5, 5.41) is 9.99. The maximum Gasteiger partial charge on any atom is 0.311 e. The van der Waals surface area contributed by atoms with Crippen molar-refractivity contribution in [1.82, 2.24) is 24.8 Å². The Balaban J connectivity index is 1.38. The summed E-state index contributed by atoms with van der Waals surface area (Å²) in [6.45, 7) is 8.37. The fraction of sp³-hybridized carbons (Fsp3) is 0.360. The van der Waals surface area contributed by atoms with E-state index in [9.17, 15) is 4.79 Å². The Morgan fingerprint density at radius 2 is 2.06 bits per heavy atom. The smallest absolute Gasteiger partial charge is 0.311 e. The molecule has 2 aromatic heterocycles. The number of halogens is 1. The Morgan fingerprint density at radius 3 is 2.79 bits per heavy atom. The lowest BCUT2D eigenvalue weighted by Crippen LogP contribution is -2.50. The van der Waals surface area contributed by atoms with Gasteiger partial charge in [0.2, 0.25) is 5.82 Å². The molecule has 34 heavy (non-hydrogen) atoms. The van der Waals surface area contributed by atoms with Crippen molar-refractivity contribution in [3.8, 4) is 22.8 Å². The number of nitrogens with zero attached hydrogens (tertiary/aromatic N) is 5. The van der Waals surface area contributed by atoms with Gasteiger partial charge in [0.15, 0.2) is 5.15 Å². The Kier molecular flexibility index (Phi) is 5.87. The van der Waals surface area contributed by atoms with Gasteiger partial charge in [0.05, 0.1) is 18.5 Å². The van der Waals surface area contributed by atoms with E-state index < -0.39 is 0 Å². The highest BCUT2D eigenvalue weighted by atomic mass is 35.5. The topological polar surface area (TPSA) is 86.3 Å². The fourth-order valence-electron chi connectivity index (χ4n) is 4.43. The third kappa shape index (κ3) is 3.97. The third-order valence-electron chi connectivity index (χ3n) is 6.40. The SMILES string of the molecule is COC(=O)C1CN(Cc2cccc(-c3noc(-c4ccc5c(c4)c(Cl)nn5C(C)C)n3)c2C)C1. The highest BCUT2D eigenvalue weighted by molar-refractivity contribution is 6.34. The van der Waals surface area contributed by atoms with Crippen LogP contribution in [0.4, 0.5) is 0 Å². The van der Waals surface area contributed by atoms with Crippen LogP contribution in [0.3, 0.4) is 0 Å². The standard InChI is InChI=1S/C25H26ClN5O3/c1-14(2)31-21-9-8-16(10-20(21)22(26)28-31)24-27-23(29-34-24)19-7-5-6-17(15(19)3)11-30-12-18(13-30)25(32)33-4/h5-10,14,18H,11-13H2,1-4H3. The quantitative estimate of drug-likeness (QED) is 0.363. The molecule has 0 aliphatic carbocycles. The van der Waals surface area contributed by atoms with Gasteiger partial charge >= 0.3 is 5.97 Å². The first-order valence-corrected chi connectivity index (χ1v) is 11.6. The lowest BCUT2D eigenvalue weighted by atomic mass is 9.96. The molecule has 0 saturated carbocycles. The summed E-state index contributed by atoms with van der Waals surface area (Å²) in [5.41, 5.74) is 4.94. The Bertz CT molecular complexity index is 1370. The minimum atomic E-state index is -0.142. The summed E-state index contributed by atoms with van der Waals surface area (Å²) in [4.78, 5) is 18.5. The van der Waals surface area contributed by atoms with Crippen molar-refractivity contribution in [2.75, 3.05) is 20.2 Å². The first-order chi connectivity index (χ1) is 16.4. The molecule has 3 heterocycles. The van der Waals surface area contributed by atoms with Crippen LogP contribution in [0.2, 0.25) is 5.15 Å². The van der Waals surface area contributed by atoms with Gasteiger partial charge in [-0.1, -0.05) is 35.0 Å². The summed E-state index contributed by atoms with van der Waals surface area (Å²) in [7, 11) is 1.43. The molecule has 0 bridgehead atoms. The Hall–Kier alpha value is -3.23. The van der Waals surface area contributed by atoms with E-state index in [1.54, 1.807) is 0 Å². The van der Waals surface area contributed by atoms with Crippen LogP contribution in [0, 0.1) is 12.8 Å². The van der Waals surface area contributed by atoms with Crippen LogP contribution in [-0.2, 0) is 16.1 Å². The highest BCUT2D eigenvalue weighted by Gasteiger charge is 2.33. The number of likely N-dealkylation sites (tertiary alicyclic amines) is 1. The fourth-order valence-corrected chi connectivity index (χ4v) is 4.67. The molecule has 4 aromatic rings. The van der Waals surface area contributed by atoms with Gasteiger partial charge < -0.3 is 9.26 Å². The summed E-state index contributed by atoms with van der Waals surface area (Å²) in [6.07, 6.45) is 0. The predicted octanol–water partition coefficient (Wildman–Crippen LogP) is 4.90. The third-order valence-corrected chi connectivity index (χ3v) is 6.67. The zero-order valence-corrected chi connectivity index (χ0v) is 20.3. The molecular weight excluding hydrogens is 454 g/mol. The van der Waals surface area contributed by atoms with Crippen LogP contribution in [0.15, 0.2) is 40.9 Å². The lowest BCUT2D eigenvalue weighted by molar-refractivity contribution is -0.151. The van der Waals surface area contributed by atoms with E-state index in [4.69, 9.17) is 20.9 Å². The van der Waals surface area contributed by atoms with Gasteiger partial charge in [-0.05, 0) is 50.1 Å². The molecular formula is C25H26ClN5O3. The molecule has 1 fully saturated rings. The van der Waals surface area contributed by atoms with Gasteiger partial charge in [-0.3, -0.25) is 14.4 Å². The second-order valence-corrected chi connectivity index (χ2v) is 9.35. The van der Waals surface area contributed by atoms with E-state index in [1.165, 1.54) is 12.7 Å². The first-order valence-electron chi connectivity index (χ1n) is 11.3. The number of benzene rings is 2. The van der Waals surface area contributed by atoms with Crippen molar-refractivity contribution < 1.29 is 14.1 Å². The van der Waals surface area contributed by atoms with Crippen LogP contribution < -0.4 is 0 Å². The molecule has 0 unspecified atom stereocenters. The molecule has 8 nitrogen and oxygen atoms in total. The van der Waals surface area contributed by atoms with Crippen molar-refractivity contribution >= 4 is 28.5 Å². The number of fused-ring (bicyclic) bond motifs is 1. The van der Waals surface area contributed by atoms with E-state index >= 15 is 0 Å². The Morgan fingerprint density at radius 1 is 1.26 bits per heavy atom. The molecule has 9 heteroatoms. The molecule has 0 amide bonds. The zero-order chi connectivity index (χ0) is 24.0. The van der Waals surface area contributed by atoms with Crippen LogP contribution in [0.5, 0.6) is 0 Å². The first kappa shape index (κ1) is 22.6. The number of carbonyl (C=O) groups is 1. The second kappa shape index (κ2) is 8.85. The van der Waals surface area contributed by atoms with Crippen LogP contribution in [0.25, 0.3) is 33.7 Å². The highest BCUT2D eigenvalue weighted by Crippen LogP contribution is 2.32. The van der Waals surface area contributed by atoms with E-state index in [2.05, 4.69) is 47.0 Å². The summed E-state index contributed by atoms with van der Waals surface area (Å²) < 4.78 is 12.3. The normalized spacial score (nSPS) is 14.6. The van der Waals surface area contributed by atoms with Crippen LogP contribution >= 0.6 is 11.6 Å².